The first kappa shape index (κ1) is 7.65. The highest BCUT2D eigenvalue weighted by Crippen LogP contribution is 2.27. The van der Waals surface area contributed by atoms with E-state index in [1.807, 2.05) is 6.92 Å². The van der Waals surface area contributed by atoms with Crippen LogP contribution in [0, 0.1) is 6.92 Å². The summed E-state index contributed by atoms with van der Waals surface area (Å²) >= 11 is 0. The molecular weight excluding hydrogens is 152 g/mol. The molecule has 1 aliphatic rings. The second kappa shape index (κ2) is 2.81. The monoisotopic (exact) mass is 166 g/mol. The molecule has 1 aromatic heterocycles. The summed E-state index contributed by atoms with van der Waals surface area (Å²) in [5.41, 5.74) is 0.955. The molecule has 0 bridgehead atoms. The Bertz CT molecular complexity index is 265. The zero-order valence-electron chi connectivity index (χ0n) is 7.58. The van der Waals surface area contributed by atoms with Crippen molar-refractivity contribution in [3.8, 4) is 0 Å². The van der Waals surface area contributed by atoms with E-state index < -0.39 is 0 Å². The smallest absolute Gasteiger partial charge is 0.297 e. The highest BCUT2D eigenvalue weighted by atomic mass is 16.4. The fourth-order valence-corrected chi connectivity index (χ4v) is 1.43. The summed E-state index contributed by atoms with van der Waals surface area (Å²) in [4.78, 5) is 6.41. The van der Waals surface area contributed by atoms with E-state index in [-0.39, 0.29) is 0 Å². The molecule has 2 rings (SSSR count). The Morgan fingerprint density at radius 2 is 2.33 bits per heavy atom. The minimum atomic E-state index is 0.656. The van der Waals surface area contributed by atoms with Crippen LogP contribution in [0.4, 0.5) is 6.01 Å². The molecule has 0 atom stereocenters. The quantitative estimate of drug-likeness (QED) is 0.672. The van der Waals surface area contributed by atoms with Gasteiger partial charge in [-0.3, -0.25) is 0 Å². The molecule has 0 spiro atoms. The third-order valence-corrected chi connectivity index (χ3v) is 2.53. The van der Waals surface area contributed by atoms with Crippen LogP contribution in [-0.4, -0.2) is 18.1 Å². The van der Waals surface area contributed by atoms with Crippen LogP contribution in [0.15, 0.2) is 10.7 Å². The van der Waals surface area contributed by atoms with E-state index in [9.17, 15) is 0 Å². The molecular formula is C9H14N2O. The summed E-state index contributed by atoms with van der Waals surface area (Å²) in [5.74, 6) is 0. The van der Waals surface area contributed by atoms with E-state index in [0.29, 0.717) is 6.04 Å². The van der Waals surface area contributed by atoms with Crippen molar-refractivity contribution in [2.45, 2.75) is 32.2 Å². The molecule has 3 nitrogen and oxygen atoms in total. The molecule has 0 aliphatic heterocycles. The number of anilines is 1. The van der Waals surface area contributed by atoms with Crippen LogP contribution >= 0.6 is 0 Å². The van der Waals surface area contributed by atoms with Gasteiger partial charge in [-0.1, -0.05) is 0 Å². The Morgan fingerprint density at radius 1 is 1.58 bits per heavy atom. The highest BCUT2D eigenvalue weighted by Gasteiger charge is 2.24. The van der Waals surface area contributed by atoms with Crippen molar-refractivity contribution >= 4 is 6.01 Å². The average molecular weight is 166 g/mol. The summed E-state index contributed by atoms with van der Waals surface area (Å²) in [6.07, 6.45) is 5.59. The maximum atomic E-state index is 5.30. The molecule has 12 heavy (non-hydrogen) atoms. The van der Waals surface area contributed by atoms with Gasteiger partial charge in [-0.05, 0) is 26.2 Å². The number of hydrogen-bond acceptors (Lipinski definition) is 3. The van der Waals surface area contributed by atoms with Gasteiger partial charge in [0.1, 0.15) is 6.26 Å². The zero-order chi connectivity index (χ0) is 8.55. The lowest BCUT2D eigenvalue weighted by molar-refractivity contribution is 0.379. The summed E-state index contributed by atoms with van der Waals surface area (Å²) in [5, 5.41) is 0. The van der Waals surface area contributed by atoms with Gasteiger partial charge in [-0.15, -0.1) is 0 Å². The number of aryl methyl sites for hydroxylation is 1. The van der Waals surface area contributed by atoms with Crippen molar-refractivity contribution in [3.05, 3.63) is 12.0 Å². The normalized spacial score (nSPS) is 17.5. The van der Waals surface area contributed by atoms with Crippen LogP contribution in [-0.2, 0) is 0 Å². The SMILES string of the molecule is Cc1coc(N(C)C2CCC2)n1. The second-order valence-corrected chi connectivity index (χ2v) is 3.47. The van der Waals surface area contributed by atoms with Gasteiger partial charge in [-0.25, -0.2) is 0 Å². The van der Waals surface area contributed by atoms with Gasteiger partial charge < -0.3 is 9.32 Å². The standard InChI is InChI=1S/C9H14N2O/c1-7-6-12-9(10-7)11(2)8-4-3-5-8/h6,8H,3-5H2,1-2H3. The fourth-order valence-electron chi connectivity index (χ4n) is 1.43. The van der Waals surface area contributed by atoms with Gasteiger partial charge in [0.05, 0.1) is 5.69 Å². The molecule has 1 aromatic rings. The summed E-state index contributed by atoms with van der Waals surface area (Å²) in [6, 6.07) is 1.42. The minimum absolute atomic E-state index is 0.656. The summed E-state index contributed by atoms with van der Waals surface area (Å²) in [6.45, 7) is 1.95. The molecule has 1 saturated carbocycles. The van der Waals surface area contributed by atoms with Crippen molar-refractivity contribution in [2.24, 2.45) is 0 Å². The number of rotatable bonds is 2. The molecule has 0 aromatic carbocycles. The lowest BCUT2D eigenvalue weighted by atomic mass is 9.92. The van der Waals surface area contributed by atoms with E-state index in [4.69, 9.17) is 4.42 Å². The Balaban J connectivity index is 2.08. The Hall–Kier alpha value is -0.990. The molecule has 0 N–H and O–H groups in total. The maximum Gasteiger partial charge on any atom is 0.297 e. The highest BCUT2D eigenvalue weighted by molar-refractivity contribution is 5.28. The number of oxazole rings is 1. The fraction of sp³-hybridized carbons (Fsp3) is 0.667. The molecule has 1 heterocycles. The lowest BCUT2D eigenvalue weighted by Gasteiger charge is -2.33. The topological polar surface area (TPSA) is 29.3 Å². The van der Waals surface area contributed by atoms with Gasteiger partial charge in [0.15, 0.2) is 0 Å². The van der Waals surface area contributed by atoms with E-state index in [1.165, 1.54) is 19.3 Å². The first-order valence-electron chi connectivity index (χ1n) is 4.42. The molecule has 0 saturated heterocycles. The molecule has 1 aliphatic carbocycles. The van der Waals surface area contributed by atoms with Crippen LogP contribution in [0.1, 0.15) is 25.0 Å². The minimum Gasteiger partial charge on any atom is -0.432 e. The number of nitrogens with zero attached hydrogens (tertiary/aromatic N) is 2. The average Bonchev–Trinajstić information content (AvgIpc) is 2.31. The van der Waals surface area contributed by atoms with Gasteiger partial charge in [0.25, 0.3) is 6.01 Å². The Morgan fingerprint density at radius 3 is 2.75 bits per heavy atom. The molecule has 3 heteroatoms. The van der Waals surface area contributed by atoms with Gasteiger partial charge >= 0.3 is 0 Å². The zero-order valence-corrected chi connectivity index (χ0v) is 7.58. The third-order valence-electron chi connectivity index (χ3n) is 2.53. The number of aromatic nitrogens is 1. The first-order valence-corrected chi connectivity index (χ1v) is 4.42. The predicted molar refractivity (Wildman–Crippen MR) is 47.3 cm³/mol. The molecule has 0 radical (unpaired) electrons. The summed E-state index contributed by atoms with van der Waals surface area (Å²) < 4.78 is 5.30. The van der Waals surface area contributed by atoms with Gasteiger partial charge in [0, 0.05) is 13.1 Å². The van der Waals surface area contributed by atoms with Crippen LogP contribution < -0.4 is 4.90 Å². The van der Waals surface area contributed by atoms with Crippen LogP contribution in [0.3, 0.4) is 0 Å². The van der Waals surface area contributed by atoms with Crippen molar-refractivity contribution in [3.63, 3.8) is 0 Å². The van der Waals surface area contributed by atoms with E-state index in [2.05, 4.69) is 16.9 Å². The van der Waals surface area contributed by atoms with Crippen molar-refractivity contribution in [2.75, 3.05) is 11.9 Å². The second-order valence-electron chi connectivity index (χ2n) is 3.47. The molecule has 0 unspecified atom stereocenters. The van der Waals surface area contributed by atoms with Gasteiger partial charge in [0.2, 0.25) is 0 Å². The van der Waals surface area contributed by atoms with Crippen molar-refractivity contribution in [1.29, 1.82) is 0 Å². The van der Waals surface area contributed by atoms with Crippen LogP contribution in [0.5, 0.6) is 0 Å². The predicted octanol–water partition coefficient (Wildman–Crippen LogP) is 1.97. The molecule has 1 fully saturated rings. The first-order chi connectivity index (χ1) is 5.77. The summed E-state index contributed by atoms with van der Waals surface area (Å²) in [7, 11) is 2.05. The largest absolute Gasteiger partial charge is 0.432 e. The van der Waals surface area contributed by atoms with Crippen LogP contribution in [0.2, 0.25) is 0 Å². The third kappa shape index (κ3) is 1.19. The van der Waals surface area contributed by atoms with E-state index in [1.54, 1.807) is 6.26 Å². The number of hydrogen-bond donors (Lipinski definition) is 0. The van der Waals surface area contributed by atoms with Crippen molar-refractivity contribution in [1.82, 2.24) is 4.98 Å². The van der Waals surface area contributed by atoms with E-state index in [0.717, 1.165) is 11.7 Å². The van der Waals surface area contributed by atoms with Crippen LogP contribution in [0.25, 0.3) is 0 Å². The molecule has 66 valence electrons. The lowest BCUT2D eigenvalue weighted by Crippen LogP contribution is -2.37. The Kier molecular flexibility index (Phi) is 1.79. The van der Waals surface area contributed by atoms with E-state index >= 15 is 0 Å². The van der Waals surface area contributed by atoms with Gasteiger partial charge in [-0.2, -0.15) is 4.98 Å². The molecule has 0 amide bonds. The van der Waals surface area contributed by atoms with Crippen molar-refractivity contribution < 1.29 is 4.42 Å². The maximum absolute atomic E-state index is 5.30. The Labute approximate surface area is 72.4 Å².